The summed E-state index contributed by atoms with van der Waals surface area (Å²) in [5.41, 5.74) is 11.8. The molecule has 0 radical (unpaired) electrons. The average molecular weight is 567 g/mol. The van der Waals surface area contributed by atoms with Crippen LogP contribution in [0.2, 0.25) is 0 Å². The van der Waals surface area contributed by atoms with Gasteiger partial charge in [-0.1, -0.05) is 139 Å². The zero-order valence-corrected chi connectivity index (χ0v) is 24.4. The maximum atomic E-state index is 6.34. The molecule has 0 atom stereocenters. The molecule has 3 heteroatoms. The van der Waals surface area contributed by atoms with Crippen LogP contribution in [0.5, 0.6) is 11.8 Å². The zero-order valence-electron chi connectivity index (χ0n) is 24.4. The minimum atomic E-state index is 0.493. The molecule has 0 amide bonds. The summed E-state index contributed by atoms with van der Waals surface area (Å²) in [4.78, 5) is 9.75. The molecule has 0 bridgehead atoms. The van der Waals surface area contributed by atoms with Gasteiger partial charge in [0, 0.05) is 23.3 Å². The Morgan fingerprint density at radius 1 is 0.341 bits per heavy atom. The van der Waals surface area contributed by atoms with E-state index in [-0.39, 0.29) is 0 Å². The molecule has 7 rings (SSSR count). The van der Waals surface area contributed by atoms with Crippen LogP contribution in [0.1, 0.15) is 5.56 Å². The number of nitrogens with zero attached hydrogens (tertiary/aromatic N) is 2. The van der Waals surface area contributed by atoms with Crippen LogP contribution < -0.4 is 4.74 Å². The number of hydrogen-bond donors (Lipinski definition) is 0. The van der Waals surface area contributed by atoms with Gasteiger partial charge in [0.1, 0.15) is 0 Å². The molecule has 0 spiro atoms. The van der Waals surface area contributed by atoms with Crippen molar-refractivity contribution >= 4 is 0 Å². The van der Waals surface area contributed by atoms with Crippen molar-refractivity contribution in [1.29, 1.82) is 0 Å². The number of aryl methyl sites for hydroxylation is 1. The van der Waals surface area contributed by atoms with Crippen molar-refractivity contribution in [1.82, 2.24) is 9.97 Å². The van der Waals surface area contributed by atoms with Gasteiger partial charge in [-0.15, -0.1) is 0 Å². The smallest absolute Gasteiger partial charge is 0.222 e. The normalized spacial score (nSPS) is 10.8. The first-order valence-corrected chi connectivity index (χ1v) is 14.7. The van der Waals surface area contributed by atoms with Crippen molar-refractivity contribution in [2.75, 3.05) is 0 Å². The lowest BCUT2D eigenvalue weighted by atomic mass is 9.98. The summed E-state index contributed by atoms with van der Waals surface area (Å²) >= 11 is 0. The molecule has 0 unspecified atom stereocenters. The Morgan fingerprint density at radius 3 is 1.59 bits per heavy atom. The summed E-state index contributed by atoms with van der Waals surface area (Å²) in [6.07, 6.45) is 0. The minimum absolute atomic E-state index is 0.493. The molecule has 7 aromatic rings. The molecule has 2 aromatic heterocycles. The van der Waals surface area contributed by atoms with E-state index in [0.717, 1.165) is 44.8 Å². The quantitative estimate of drug-likeness (QED) is 0.192. The lowest BCUT2D eigenvalue weighted by Crippen LogP contribution is -1.95. The summed E-state index contributed by atoms with van der Waals surface area (Å²) in [6.45, 7) is 2.09. The maximum absolute atomic E-state index is 6.34. The van der Waals surface area contributed by atoms with Crippen LogP contribution in [0.3, 0.4) is 0 Å². The van der Waals surface area contributed by atoms with E-state index in [0.29, 0.717) is 11.8 Å². The van der Waals surface area contributed by atoms with Gasteiger partial charge in [0.25, 0.3) is 0 Å². The van der Waals surface area contributed by atoms with Crippen LogP contribution >= 0.6 is 0 Å². The van der Waals surface area contributed by atoms with E-state index in [2.05, 4.69) is 122 Å². The van der Waals surface area contributed by atoms with E-state index in [4.69, 9.17) is 14.7 Å². The van der Waals surface area contributed by atoms with Crippen LogP contribution in [0.4, 0.5) is 0 Å². The van der Waals surface area contributed by atoms with E-state index >= 15 is 0 Å². The number of benzene rings is 5. The van der Waals surface area contributed by atoms with Gasteiger partial charge in [0.05, 0.1) is 11.4 Å². The highest BCUT2D eigenvalue weighted by molar-refractivity contribution is 5.75. The monoisotopic (exact) mass is 566 g/mol. The lowest BCUT2D eigenvalue weighted by Gasteiger charge is -2.12. The Morgan fingerprint density at radius 2 is 0.864 bits per heavy atom. The molecule has 0 aliphatic heterocycles. The first-order chi connectivity index (χ1) is 21.7. The molecule has 210 valence electrons. The fourth-order valence-electron chi connectivity index (χ4n) is 5.31. The van der Waals surface area contributed by atoms with E-state index < -0.39 is 0 Å². The van der Waals surface area contributed by atoms with Crippen LogP contribution in [-0.4, -0.2) is 9.97 Å². The first-order valence-electron chi connectivity index (χ1n) is 14.7. The Balaban J connectivity index is 1.18. The average Bonchev–Trinajstić information content (AvgIpc) is 3.09. The Bertz CT molecular complexity index is 2020. The molecule has 0 saturated heterocycles. The molecule has 3 nitrogen and oxygen atoms in total. The van der Waals surface area contributed by atoms with Gasteiger partial charge in [-0.25, -0.2) is 9.97 Å². The predicted molar refractivity (Wildman–Crippen MR) is 180 cm³/mol. The first kappa shape index (κ1) is 27.1. The van der Waals surface area contributed by atoms with Gasteiger partial charge < -0.3 is 4.74 Å². The van der Waals surface area contributed by atoms with Crippen molar-refractivity contribution < 1.29 is 4.74 Å². The molecular weight excluding hydrogens is 536 g/mol. The number of pyridine rings is 2. The molecule has 5 aromatic carbocycles. The standard InChI is InChI=1S/C41H30N2O/c1-29-18-20-33(21-19-29)37-27-39(34-12-6-3-7-13-34)43-41(28-37)44-40-17-9-16-38(42-40)36-15-8-14-35(26-36)32-24-22-31(23-25-32)30-10-4-2-5-11-30/h2-28H,1H3. The van der Waals surface area contributed by atoms with E-state index in [1.54, 1.807) is 0 Å². The van der Waals surface area contributed by atoms with Gasteiger partial charge in [0.15, 0.2) is 0 Å². The second kappa shape index (κ2) is 12.2. The molecule has 0 N–H and O–H groups in total. The second-order valence-corrected chi connectivity index (χ2v) is 10.8. The van der Waals surface area contributed by atoms with Crippen LogP contribution in [0, 0.1) is 6.92 Å². The van der Waals surface area contributed by atoms with Gasteiger partial charge >= 0.3 is 0 Å². The van der Waals surface area contributed by atoms with Crippen molar-refractivity contribution in [2.45, 2.75) is 6.92 Å². The van der Waals surface area contributed by atoms with Crippen molar-refractivity contribution in [3.05, 3.63) is 169 Å². The Hall–Kier alpha value is -5.80. The Kier molecular flexibility index (Phi) is 7.51. The number of hydrogen-bond acceptors (Lipinski definition) is 3. The SMILES string of the molecule is Cc1ccc(-c2cc(Oc3cccc(-c4cccc(-c5ccc(-c6ccccc6)cc5)c4)n3)nc(-c3ccccc3)c2)cc1. The van der Waals surface area contributed by atoms with E-state index in [9.17, 15) is 0 Å². The topological polar surface area (TPSA) is 35.0 Å². The van der Waals surface area contributed by atoms with Crippen LogP contribution in [0.15, 0.2) is 164 Å². The fraction of sp³-hybridized carbons (Fsp3) is 0.0244. The minimum Gasteiger partial charge on any atom is -0.421 e. The predicted octanol–water partition coefficient (Wildman–Crippen LogP) is 10.9. The van der Waals surface area contributed by atoms with Gasteiger partial charge in [-0.3, -0.25) is 0 Å². The Labute approximate surface area is 258 Å². The van der Waals surface area contributed by atoms with E-state index in [1.165, 1.54) is 16.7 Å². The van der Waals surface area contributed by atoms with Crippen molar-refractivity contribution in [2.24, 2.45) is 0 Å². The third-order valence-corrected chi connectivity index (χ3v) is 7.67. The summed E-state index contributed by atoms with van der Waals surface area (Å²) in [6, 6.07) is 56.2. The van der Waals surface area contributed by atoms with Crippen LogP contribution in [0.25, 0.3) is 55.9 Å². The number of rotatable bonds is 7. The number of ether oxygens (including phenoxy) is 1. The third kappa shape index (κ3) is 6.04. The largest absolute Gasteiger partial charge is 0.421 e. The molecule has 44 heavy (non-hydrogen) atoms. The van der Waals surface area contributed by atoms with Gasteiger partial charge in [0.2, 0.25) is 11.8 Å². The van der Waals surface area contributed by atoms with Crippen molar-refractivity contribution in [3.63, 3.8) is 0 Å². The van der Waals surface area contributed by atoms with E-state index in [1.807, 2.05) is 48.5 Å². The summed E-state index contributed by atoms with van der Waals surface area (Å²) < 4.78 is 6.34. The van der Waals surface area contributed by atoms with Gasteiger partial charge in [-0.05, 0) is 58.5 Å². The maximum Gasteiger partial charge on any atom is 0.222 e. The van der Waals surface area contributed by atoms with Crippen LogP contribution in [-0.2, 0) is 0 Å². The molecule has 0 aliphatic rings. The lowest BCUT2D eigenvalue weighted by molar-refractivity contribution is 0.446. The molecule has 0 saturated carbocycles. The van der Waals surface area contributed by atoms with Crippen molar-refractivity contribution in [3.8, 4) is 67.7 Å². The molecule has 0 aliphatic carbocycles. The summed E-state index contributed by atoms with van der Waals surface area (Å²) in [5.74, 6) is 0.992. The number of aromatic nitrogens is 2. The summed E-state index contributed by atoms with van der Waals surface area (Å²) in [7, 11) is 0. The zero-order chi connectivity index (χ0) is 29.7. The fourth-order valence-corrected chi connectivity index (χ4v) is 5.31. The summed E-state index contributed by atoms with van der Waals surface area (Å²) in [5, 5.41) is 0. The third-order valence-electron chi connectivity index (χ3n) is 7.67. The highest BCUT2D eigenvalue weighted by atomic mass is 16.5. The highest BCUT2D eigenvalue weighted by Gasteiger charge is 2.11. The highest BCUT2D eigenvalue weighted by Crippen LogP contribution is 2.32. The molecule has 2 heterocycles. The molecular formula is C41H30N2O. The second-order valence-electron chi connectivity index (χ2n) is 10.8. The molecule has 0 fully saturated rings. The van der Waals surface area contributed by atoms with Gasteiger partial charge in [-0.2, -0.15) is 0 Å².